The Morgan fingerprint density at radius 2 is 1.53 bits per heavy atom. The van der Waals surface area contributed by atoms with E-state index in [-0.39, 0.29) is 17.3 Å². The van der Waals surface area contributed by atoms with Crippen LogP contribution in [-0.4, -0.2) is 37.6 Å². The van der Waals surface area contributed by atoms with Crippen LogP contribution in [0.5, 0.6) is 11.5 Å². The fourth-order valence-electron chi connectivity index (χ4n) is 3.46. The number of halogens is 1. The minimum Gasteiger partial charge on any atom is -0.457 e. The maximum atomic E-state index is 12.9. The van der Waals surface area contributed by atoms with Crippen molar-refractivity contribution in [2.75, 3.05) is 13.1 Å². The van der Waals surface area contributed by atoms with Crippen LogP contribution in [0.3, 0.4) is 0 Å². The summed E-state index contributed by atoms with van der Waals surface area (Å²) >= 11 is 5.85. The van der Waals surface area contributed by atoms with Gasteiger partial charge in [-0.05, 0) is 67.1 Å². The van der Waals surface area contributed by atoms with Crippen LogP contribution in [0, 0.1) is 0 Å². The molecule has 1 saturated heterocycles. The standard InChI is InChI=1S/C23H20ClNO4S/c24-18-8-12-21(13-9-18)30(27,28)22-14-15-25(16-22)23(26)17-6-10-20(11-7-17)29-19-4-2-1-3-5-19/h1-13,22H,14-16H2. The van der Waals surface area contributed by atoms with Crippen molar-refractivity contribution < 1.29 is 17.9 Å². The molecule has 1 fully saturated rings. The number of para-hydroxylation sites is 1. The lowest BCUT2D eigenvalue weighted by Gasteiger charge is -2.17. The average molecular weight is 442 g/mol. The Morgan fingerprint density at radius 1 is 0.900 bits per heavy atom. The van der Waals surface area contributed by atoms with Crippen LogP contribution in [0.1, 0.15) is 16.8 Å². The van der Waals surface area contributed by atoms with Gasteiger partial charge in [0.15, 0.2) is 9.84 Å². The maximum Gasteiger partial charge on any atom is 0.253 e. The van der Waals surface area contributed by atoms with Gasteiger partial charge < -0.3 is 9.64 Å². The molecule has 4 rings (SSSR count). The SMILES string of the molecule is O=C(c1ccc(Oc2ccccc2)cc1)N1CCC(S(=O)(=O)c2ccc(Cl)cc2)C1. The first-order chi connectivity index (χ1) is 14.4. The van der Waals surface area contributed by atoms with E-state index in [4.69, 9.17) is 16.3 Å². The zero-order valence-electron chi connectivity index (χ0n) is 16.1. The predicted molar refractivity (Wildman–Crippen MR) is 116 cm³/mol. The highest BCUT2D eigenvalue weighted by atomic mass is 35.5. The third-order valence-corrected chi connectivity index (χ3v) is 7.54. The van der Waals surface area contributed by atoms with E-state index in [0.717, 1.165) is 0 Å². The van der Waals surface area contributed by atoms with Crippen LogP contribution >= 0.6 is 11.6 Å². The van der Waals surface area contributed by atoms with Gasteiger partial charge in [-0.3, -0.25) is 4.79 Å². The van der Waals surface area contributed by atoms with Gasteiger partial charge in [-0.2, -0.15) is 0 Å². The van der Waals surface area contributed by atoms with E-state index in [2.05, 4.69) is 0 Å². The molecule has 7 heteroatoms. The van der Waals surface area contributed by atoms with Crippen molar-refractivity contribution in [3.8, 4) is 11.5 Å². The molecule has 3 aromatic rings. The molecule has 0 saturated carbocycles. The number of carbonyl (C=O) groups excluding carboxylic acids is 1. The molecular formula is C23H20ClNO4S. The Balaban J connectivity index is 1.42. The summed E-state index contributed by atoms with van der Waals surface area (Å²) in [4.78, 5) is 14.7. The predicted octanol–water partition coefficient (Wildman–Crippen LogP) is 4.82. The maximum absolute atomic E-state index is 12.9. The minimum atomic E-state index is -3.52. The summed E-state index contributed by atoms with van der Waals surface area (Å²) in [7, 11) is -3.52. The number of benzene rings is 3. The molecule has 154 valence electrons. The van der Waals surface area contributed by atoms with Crippen LogP contribution in [0.25, 0.3) is 0 Å². The molecule has 5 nitrogen and oxygen atoms in total. The van der Waals surface area contributed by atoms with E-state index in [1.165, 1.54) is 12.1 Å². The third-order valence-electron chi connectivity index (χ3n) is 5.09. The van der Waals surface area contributed by atoms with Crippen LogP contribution in [-0.2, 0) is 9.84 Å². The number of likely N-dealkylation sites (tertiary alicyclic amines) is 1. The van der Waals surface area contributed by atoms with Crippen molar-refractivity contribution in [1.82, 2.24) is 4.90 Å². The highest BCUT2D eigenvalue weighted by molar-refractivity contribution is 7.92. The molecule has 1 aliphatic heterocycles. The van der Waals surface area contributed by atoms with Crippen molar-refractivity contribution in [3.63, 3.8) is 0 Å². The molecule has 0 bridgehead atoms. The van der Waals surface area contributed by atoms with E-state index in [0.29, 0.717) is 35.1 Å². The first-order valence-electron chi connectivity index (χ1n) is 9.55. The van der Waals surface area contributed by atoms with Crippen molar-refractivity contribution in [2.45, 2.75) is 16.6 Å². The molecule has 1 aliphatic rings. The van der Waals surface area contributed by atoms with Crippen LogP contribution in [0.2, 0.25) is 5.02 Å². The Bertz CT molecular complexity index is 1130. The lowest BCUT2D eigenvalue weighted by Crippen LogP contribution is -2.31. The molecule has 0 aromatic heterocycles. The molecule has 1 atom stereocenters. The molecule has 1 heterocycles. The normalized spacial score (nSPS) is 16.4. The van der Waals surface area contributed by atoms with E-state index in [9.17, 15) is 13.2 Å². The molecule has 0 aliphatic carbocycles. The van der Waals surface area contributed by atoms with Crippen LogP contribution < -0.4 is 4.74 Å². The average Bonchev–Trinajstić information content (AvgIpc) is 3.26. The lowest BCUT2D eigenvalue weighted by atomic mass is 10.2. The summed E-state index contributed by atoms with van der Waals surface area (Å²) in [6.07, 6.45) is 0.409. The Kier molecular flexibility index (Phi) is 5.79. The second-order valence-corrected chi connectivity index (χ2v) is 9.76. The quantitative estimate of drug-likeness (QED) is 0.569. The van der Waals surface area contributed by atoms with Crippen molar-refractivity contribution in [2.24, 2.45) is 0 Å². The van der Waals surface area contributed by atoms with Gasteiger partial charge in [0.2, 0.25) is 0 Å². The fourth-order valence-corrected chi connectivity index (χ4v) is 5.27. The van der Waals surface area contributed by atoms with Crippen LogP contribution in [0.4, 0.5) is 0 Å². The highest BCUT2D eigenvalue weighted by Gasteiger charge is 2.36. The van der Waals surface area contributed by atoms with E-state index < -0.39 is 15.1 Å². The van der Waals surface area contributed by atoms with Gasteiger partial charge in [0.25, 0.3) is 5.91 Å². The number of amides is 1. The number of rotatable bonds is 5. The first-order valence-corrected chi connectivity index (χ1v) is 11.5. The van der Waals surface area contributed by atoms with Gasteiger partial charge in [-0.15, -0.1) is 0 Å². The molecule has 0 radical (unpaired) electrons. The molecular weight excluding hydrogens is 422 g/mol. The summed E-state index contributed by atoms with van der Waals surface area (Å²) in [5.41, 5.74) is 0.500. The van der Waals surface area contributed by atoms with E-state index >= 15 is 0 Å². The fraction of sp³-hybridized carbons (Fsp3) is 0.174. The van der Waals surface area contributed by atoms with Gasteiger partial charge in [-0.1, -0.05) is 29.8 Å². The van der Waals surface area contributed by atoms with Gasteiger partial charge in [0.05, 0.1) is 10.1 Å². The molecule has 1 unspecified atom stereocenters. The number of hydrogen-bond acceptors (Lipinski definition) is 4. The summed E-state index contributed by atoms with van der Waals surface area (Å²) in [5, 5.41) is -0.139. The van der Waals surface area contributed by atoms with Crippen molar-refractivity contribution >= 4 is 27.3 Å². The first kappa shape index (κ1) is 20.4. The van der Waals surface area contributed by atoms with Crippen molar-refractivity contribution in [3.05, 3.63) is 89.4 Å². The van der Waals surface area contributed by atoms with Gasteiger partial charge in [0.1, 0.15) is 11.5 Å². The largest absolute Gasteiger partial charge is 0.457 e. The number of hydrogen-bond donors (Lipinski definition) is 0. The second kappa shape index (κ2) is 8.50. The third kappa shape index (κ3) is 4.35. The topological polar surface area (TPSA) is 63.7 Å². The molecule has 0 spiro atoms. The zero-order chi connectivity index (χ0) is 21.1. The minimum absolute atomic E-state index is 0.173. The van der Waals surface area contributed by atoms with Crippen LogP contribution in [0.15, 0.2) is 83.8 Å². The number of ether oxygens (including phenoxy) is 1. The second-order valence-electron chi connectivity index (χ2n) is 7.10. The highest BCUT2D eigenvalue weighted by Crippen LogP contribution is 2.27. The van der Waals surface area contributed by atoms with E-state index in [1.54, 1.807) is 41.3 Å². The molecule has 30 heavy (non-hydrogen) atoms. The van der Waals surface area contributed by atoms with Gasteiger partial charge >= 0.3 is 0 Å². The monoisotopic (exact) mass is 441 g/mol. The molecule has 3 aromatic carbocycles. The Hall–Kier alpha value is -2.83. The number of carbonyl (C=O) groups is 1. The molecule has 0 N–H and O–H groups in total. The summed E-state index contributed by atoms with van der Waals surface area (Å²) in [6, 6.07) is 22.4. The zero-order valence-corrected chi connectivity index (χ0v) is 17.6. The van der Waals surface area contributed by atoms with Gasteiger partial charge in [0, 0.05) is 23.7 Å². The summed E-state index contributed by atoms with van der Waals surface area (Å²) in [6.45, 7) is 0.574. The summed E-state index contributed by atoms with van der Waals surface area (Å²) < 4.78 is 31.5. The lowest BCUT2D eigenvalue weighted by molar-refractivity contribution is 0.0793. The Morgan fingerprint density at radius 3 is 2.20 bits per heavy atom. The smallest absolute Gasteiger partial charge is 0.253 e. The summed E-state index contributed by atoms with van der Waals surface area (Å²) in [5.74, 6) is 1.16. The van der Waals surface area contributed by atoms with Crippen molar-refractivity contribution in [1.29, 1.82) is 0 Å². The van der Waals surface area contributed by atoms with E-state index in [1.807, 2.05) is 30.3 Å². The molecule has 1 amide bonds. The Labute approximate surface area is 180 Å². The number of sulfone groups is 1. The number of nitrogens with zero attached hydrogens (tertiary/aromatic N) is 1. The van der Waals surface area contributed by atoms with Gasteiger partial charge in [-0.25, -0.2) is 8.42 Å².